The minimum absolute atomic E-state index is 0.105. The average Bonchev–Trinajstić information content (AvgIpc) is 3.35. The molecule has 0 spiro atoms. The topological polar surface area (TPSA) is 97.9 Å². The Morgan fingerprint density at radius 1 is 1.28 bits per heavy atom. The molecule has 3 atom stereocenters. The van der Waals surface area contributed by atoms with Crippen LogP contribution in [0.3, 0.4) is 0 Å². The Morgan fingerprint density at radius 2 is 2.08 bits per heavy atom. The highest BCUT2D eigenvalue weighted by Crippen LogP contribution is 2.39. The highest BCUT2D eigenvalue weighted by molar-refractivity contribution is 5.34. The standard InChI is InChI=1S/C17H24N6O2/c1-22-16(21-23(2)17(22)25)11-7-12(13(24)8-11)9-19-14-5-6-18-15(20-14)10-3-4-10/h5-6,10-13,24H,3-4,7-9H2,1-2H3,(H,18,19,20)/t11-,12+,13+/m0/s1. The predicted octanol–water partition coefficient (Wildman–Crippen LogP) is 0.753. The lowest BCUT2D eigenvalue weighted by molar-refractivity contribution is 0.137. The summed E-state index contributed by atoms with van der Waals surface area (Å²) in [7, 11) is 3.39. The van der Waals surface area contributed by atoms with Crippen molar-refractivity contribution in [3.05, 3.63) is 34.4 Å². The molecule has 0 aliphatic heterocycles. The minimum atomic E-state index is -0.403. The zero-order chi connectivity index (χ0) is 17.6. The molecule has 0 bridgehead atoms. The maximum atomic E-state index is 11.9. The molecule has 0 aromatic carbocycles. The number of rotatable bonds is 5. The van der Waals surface area contributed by atoms with Gasteiger partial charge >= 0.3 is 5.69 Å². The Kier molecular flexibility index (Phi) is 4.07. The molecule has 0 saturated heterocycles. The molecule has 2 aliphatic carbocycles. The molecule has 2 N–H and O–H groups in total. The van der Waals surface area contributed by atoms with Crippen LogP contribution in [0.5, 0.6) is 0 Å². The van der Waals surface area contributed by atoms with Crippen molar-refractivity contribution in [2.75, 3.05) is 11.9 Å². The summed E-state index contributed by atoms with van der Waals surface area (Å²) >= 11 is 0. The third-order valence-electron chi connectivity index (χ3n) is 5.34. The van der Waals surface area contributed by atoms with Crippen molar-refractivity contribution >= 4 is 5.82 Å². The molecule has 8 heteroatoms. The lowest BCUT2D eigenvalue weighted by Crippen LogP contribution is -2.22. The van der Waals surface area contributed by atoms with Crippen molar-refractivity contribution in [1.29, 1.82) is 0 Å². The summed E-state index contributed by atoms with van der Waals surface area (Å²) in [4.78, 5) is 20.8. The van der Waals surface area contributed by atoms with Crippen LogP contribution in [0.15, 0.2) is 17.1 Å². The van der Waals surface area contributed by atoms with E-state index in [1.807, 2.05) is 6.07 Å². The number of hydrogen-bond donors (Lipinski definition) is 2. The van der Waals surface area contributed by atoms with Crippen LogP contribution in [-0.4, -0.2) is 42.1 Å². The van der Waals surface area contributed by atoms with E-state index < -0.39 is 6.10 Å². The smallest absolute Gasteiger partial charge is 0.345 e. The van der Waals surface area contributed by atoms with Crippen LogP contribution in [-0.2, 0) is 14.1 Å². The quantitative estimate of drug-likeness (QED) is 0.831. The van der Waals surface area contributed by atoms with Gasteiger partial charge in [-0.2, -0.15) is 5.10 Å². The molecule has 25 heavy (non-hydrogen) atoms. The first kappa shape index (κ1) is 16.3. The van der Waals surface area contributed by atoms with E-state index in [2.05, 4.69) is 20.4 Å². The third-order valence-corrected chi connectivity index (χ3v) is 5.34. The fourth-order valence-electron chi connectivity index (χ4n) is 3.71. The van der Waals surface area contributed by atoms with Crippen molar-refractivity contribution < 1.29 is 5.11 Å². The third kappa shape index (κ3) is 3.18. The number of aliphatic hydroxyl groups is 1. The Hall–Kier alpha value is -2.22. The lowest BCUT2D eigenvalue weighted by Gasteiger charge is -2.15. The summed E-state index contributed by atoms with van der Waals surface area (Å²) in [5, 5.41) is 18.1. The van der Waals surface area contributed by atoms with Gasteiger partial charge in [0.15, 0.2) is 0 Å². The molecule has 2 aromatic rings. The van der Waals surface area contributed by atoms with E-state index in [-0.39, 0.29) is 17.5 Å². The van der Waals surface area contributed by atoms with Gasteiger partial charge in [0.2, 0.25) is 0 Å². The number of aliphatic hydroxyl groups excluding tert-OH is 1. The summed E-state index contributed by atoms with van der Waals surface area (Å²) in [6.07, 6.45) is 5.18. The number of nitrogens with zero attached hydrogens (tertiary/aromatic N) is 5. The number of hydrogen-bond acceptors (Lipinski definition) is 6. The highest BCUT2D eigenvalue weighted by atomic mass is 16.3. The zero-order valence-electron chi connectivity index (χ0n) is 14.6. The van der Waals surface area contributed by atoms with Crippen LogP contribution in [0.2, 0.25) is 0 Å². The van der Waals surface area contributed by atoms with Crippen molar-refractivity contribution in [2.24, 2.45) is 20.0 Å². The maximum Gasteiger partial charge on any atom is 0.345 e. The van der Waals surface area contributed by atoms with E-state index in [0.29, 0.717) is 18.9 Å². The Morgan fingerprint density at radius 3 is 2.76 bits per heavy atom. The van der Waals surface area contributed by atoms with Gasteiger partial charge < -0.3 is 10.4 Å². The molecule has 2 fully saturated rings. The van der Waals surface area contributed by atoms with Crippen molar-refractivity contribution in [3.8, 4) is 0 Å². The molecule has 4 rings (SSSR count). The summed E-state index contributed by atoms with van der Waals surface area (Å²) in [5.41, 5.74) is -0.125. The number of aromatic nitrogens is 5. The average molecular weight is 344 g/mol. The largest absolute Gasteiger partial charge is 0.393 e. The second-order valence-electron chi connectivity index (χ2n) is 7.27. The first-order chi connectivity index (χ1) is 12.0. The zero-order valence-corrected chi connectivity index (χ0v) is 14.6. The molecular weight excluding hydrogens is 320 g/mol. The van der Waals surface area contributed by atoms with Gasteiger partial charge in [0.05, 0.1) is 6.10 Å². The number of anilines is 1. The van der Waals surface area contributed by atoms with Gasteiger partial charge in [-0.15, -0.1) is 0 Å². The van der Waals surface area contributed by atoms with E-state index in [0.717, 1.165) is 23.9 Å². The molecule has 2 saturated carbocycles. The lowest BCUT2D eigenvalue weighted by atomic mass is 10.0. The predicted molar refractivity (Wildman–Crippen MR) is 92.4 cm³/mol. The van der Waals surface area contributed by atoms with Crippen molar-refractivity contribution in [3.63, 3.8) is 0 Å². The highest BCUT2D eigenvalue weighted by Gasteiger charge is 2.36. The van der Waals surface area contributed by atoms with Crippen LogP contribution >= 0.6 is 0 Å². The monoisotopic (exact) mass is 344 g/mol. The maximum absolute atomic E-state index is 11.9. The molecule has 134 valence electrons. The molecule has 2 aromatic heterocycles. The minimum Gasteiger partial charge on any atom is -0.393 e. The van der Waals surface area contributed by atoms with E-state index in [9.17, 15) is 9.90 Å². The Labute approximate surface area is 145 Å². The van der Waals surface area contributed by atoms with E-state index in [1.165, 1.54) is 17.5 Å². The Balaban J connectivity index is 1.41. The molecule has 8 nitrogen and oxygen atoms in total. The van der Waals surface area contributed by atoms with Gasteiger partial charge in [0, 0.05) is 44.6 Å². The molecular formula is C17H24N6O2. The van der Waals surface area contributed by atoms with Crippen molar-refractivity contribution in [2.45, 2.75) is 43.6 Å². The first-order valence-corrected chi connectivity index (χ1v) is 8.87. The van der Waals surface area contributed by atoms with Gasteiger partial charge in [-0.3, -0.25) is 4.57 Å². The van der Waals surface area contributed by atoms with Gasteiger partial charge in [0.1, 0.15) is 17.5 Å². The molecule has 0 radical (unpaired) electrons. The van der Waals surface area contributed by atoms with Crippen LogP contribution in [0.1, 0.15) is 49.2 Å². The second kappa shape index (κ2) is 6.25. The SMILES string of the molecule is Cn1nc([C@H]2C[C@H](CNc3ccnc(C4CC4)n3)[C@H](O)C2)n(C)c1=O. The van der Waals surface area contributed by atoms with E-state index >= 15 is 0 Å². The van der Waals surface area contributed by atoms with E-state index in [4.69, 9.17) is 0 Å². The summed E-state index contributed by atoms with van der Waals surface area (Å²) in [6.45, 7) is 0.652. The van der Waals surface area contributed by atoms with Crippen LogP contribution < -0.4 is 11.0 Å². The van der Waals surface area contributed by atoms with Gasteiger partial charge in [-0.05, 0) is 31.7 Å². The second-order valence-corrected chi connectivity index (χ2v) is 7.27. The first-order valence-electron chi connectivity index (χ1n) is 8.87. The fraction of sp³-hybridized carbons (Fsp3) is 0.647. The van der Waals surface area contributed by atoms with E-state index in [1.54, 1.807) is 24.9 Å². The van der Waals surface area contributed by atoms with Gasteiger partial charge in [-0.1, -0.05) is 0 Å². The van der Waals surface area contributed by atoms with Crippen molar-refractivity contribution in [1.82, 2.24) is 24.3 Å². The molecule has 0 unspecified atom stereocenters. The Bertz CT molecular complexity index is 825. The number of nitrogens with one attached hydrogen (secondary N) is 1. The summed E-state index contributed by atoms with van der Waals surface area (Å²) in [6, 6.07) is 1.87. The molecule has 0 amide bonds. The normalized spacial score (nSPS) is 26.1. The van der Waals surface area contributed by atoms with Crippen LogP contribution in [0.25, 0.3) is 0 Å². The summed E-state index contributed by atoms with van der Waals surface area (Å²) < 4.78 is 2.94. The summed E-state index contributed by atoms with van der Waals surface area (Å²) in [5.74, 6) is 3.23. The van der Waals surface area contributed by atoms with Crippen LogP contribution in [0.4, 0.5) is 5.82 Å². The molecule has 2 aliphatic rings. The number of aryl methyl sites for hydroxylation is 1. The van der Waals surface area contributed by atoms with Gasteiger partial charge in [0.25, 0.3) is 0 Å². The fourth-order valence-corrected chi connectivity index (χ4v) is 3.71. The molecule has 2 heterocycles. The van der Waals surface area contributed by atoms with Crippen LogP contribution in [0, 0.1) is 5.92 Å². The van der Waals surface area contributed by atoms with Gasteiger partial charge in [-0.25, -0.2) is 19.4 Å².